The fourth-order valence-electron chi connectivity index (χ4n) is 2.03. The highest BCUT2D eigenvalue weighted by Gasteiger charge is 2.15. The number of hydrogen-bond acceptors (Lipinski definition) is 4. The maximum atomic E-state index is 9.30. The van der Waals surface area contributed by atoms with Crippen molar-refractivity contribution < 1.29 is 14.9 Å². The number of aryl methyl sites for hydroxylation is 1. The highest BCUT2D eigenvalue weighted by atomic mass is 16.5. The van der Waals surface area contributed by atoms with Gasteiger partial charge in [-0.25, -0.2) is 0 Å². The van der Waals surface area contributed by atoms with E-state index in [1.807, 2.05) is 31.0 Å². The van der Waals surface area contributed by atoms with Crippen molar-refractivity contribution >= 4 is 0 Å². The molecular weight excluding hydrogens is 230 g/mol. The number of methoxy groups -OCH3 is 1. The molecule has 0 aliphatic carbocycles. The lowest BCUT2D eigenvalue weighted by molar-refractivity contribution is 0.114. The van der Waals surface area contributed by atoms with Gasteiger partial charge in [-0.1, -0.05) is 17.7 Å². The van der Waals surface area contributed by atoms with Gasteiger partial charge >= 0.3 is 0 Å². The first-order valence-corrected chi connectivity index (χ1v) is 6.17. The van der Waals surface area contributed by atoms with Crippen molar-refractivity contribution in [1.29, 1.82) is 0 Å². The highest BCUT2D eigenvalue weighted by Crippen LogP contribution is 2.21. The molecule has 0 saturated carbocycles. The second-order valence-electron chi connectivity index (χ2n) is 4.58. The molecule has 0 fully saturated rings. The Bertz CT molecular complexity index is 368. The molecule has 0 aliphatic rings. The lowest BCUT2D eigenvalue weighted by Crippen LogP contribution is -2.35. The minimum absolute atomic E-state index is 0.0276. The predicted octanol–water partition coefficient (Wildman–Crippen LogP) is 1.18. The largest absolute Gasteiger partial charge is 0.496 e. The smallest absolute Gasteiger partial charge is 0.123 e. The second kappa shape index (κ2) is 7.36. The molecule has 1 rings (SSSR count). The monoisotopic (exact) mass is 253 g/mol. The van der Waals surface area contributed by atoms with Crippen LogP contribution in [0.5, 0.6) is 5.75 Å². The Labute approximate surface area is 109 Å². The fourth-order valence-corrected chi connectivity index (χ4v) is 2.03. The van der Waals surface area contributed by atoms with Crippen LogP contribution < -0.4 is 4.74 Å². The average Bonchev–Trinajstić information content (AvgIpc) is 2.36. The number of likely N-dealkylation sites (N-methyl/N-ethyl adjacent to an activating group) is 1. The Balaban J connectivity index is 2.79. The van der Waals surface area contributed by atoms with E-state index in [0.29, 0.717) is 13.0 Å². The van der Waals surface area contributed by atoms with Crippen LogP contribution in [-0.2, 0) is 6.54 Å². The van der Waals surface area contributed by atoms with E-state index in [1.54, 1.807) is 7.11 Å². The van der Waals surface area contributed by atoms with E-state index in [1.165, 1.54) is 5.56 Å². The van der Waals surface area contributed by atoms with Crippen LogP contribution in [0.1, 0.15) is 17.5 Å². The normalized spacial score (nSPS) is 12.8. The summed E-state index contributed by atoms with van der Waals surface area (Å²) in [6.45, 7) is 2.86. The Morgan fingerprint density at radius 1 is 1.33 bits per heavy atom. The Hall–Kier alpha value is -1.10. The molecule has 1 unspecified atom stereocenters. The number of aliphatic hydroxyl groups excluding tert-OH is 2. The lowest BCUT2D eigenvalue weighted by Gasteiger charge is -2.26. The molecule has 102 valence electrons. The third-order valence-electron chi connectivity index (χ3n) is 3.15. The van der Waals surface area contributed by atoms with Gasteiger partial charge in [0.05, 0.1) is 13.7 Å². The Morgan fingerprint density at radius 2 is 2.06 bits per heavy atom. The molecule has 0 spiro atoms. The number of rotatable bonds is 7. The molecule has 0 radical (unpaired) electrons. The Kier molecular flexibility index (Phi) is 6.12. The van der Waals surface area contributed by atoms with Gasteiger partial charge in [-0.05, 0) is 26.5 Å². The summed E-state index contributed by atoms with van der Waals surface area (Å²) in [4.78, 5) is 2.04. The third kappa shape index (κ3) is 3.98. The van der Waals surface area contributed by atoms with E-state index in [9.17, 15) is 5.11 Å². The predicted molar refractivity (Wildman–Crippen MR) is 71.8 cm³/mol. The second-order valence-corrected chi connectivity index (χ2v) is 4.58. The summed E-state index contributed by atoms with van der Waals surface area (Å²) in [6, 6.07) is 6.03. The van der Waals surface area contributed by atoms with Gasteiger partial charge in [-0.3, -0.25) is 4.90 Å². The van der Waals surface area contributed by atoms with Gasteiger partial charge in [-0.15, -0.1) is 0 Å². The van der Waals surface area contributed by atoms with Crippen molar-refractivity contribution in [1.82, 2.24) is 4.90 Å². The molecule has 1 aromatic rings. The van der Waals surface area contributed by atoms with E-state index >= 15 is 0 Å². The van der Waals surface area contributed by atoms with Crippen molar-refractivity contribution in [2.75, 3.05) is 27.4 Å². The third-order valence-corrected chi connectivity index (χ3v) is 3.15. The molecule has 0 amide bonds. The van der Waals surface area contributed by atoms with Crippen molar-refractivity contribution in [3.05, 3.63) is 29.3 Å². The zero-order chi connectivity index (χ0) is 13.5. The summed E-state index contributed by atoms with van der Waals surface area (Å²) in [5, 5.41) is 18.3. The lowest BCUT2D eigenvalue weighted by atomic mass is 10.1. The molecule has 2 N–H and O–H groups in total. The topological polar surface area (TPSA) is 52.9 Å². The Morgan fingerprint density at radius 3 is 2.61 bits per heavy atom. The van der Waals surface area contributed by atoms with Gasteiger partial charge in [0.2, 0.25) is 0 Å². The molecule has 1 atom stereocenters. The average molecular weight is 253 g/mol. The molecule has 4 heteroatoms. The van der Waals surface area contributed by atoms with Gasteiger partial charge in [0, 0.05) is 24.8 Å². The van der Waals surface area contributed by atoms with Gasteiger partial charge < -0.3 is 14.9 Å². The van der Waals surface area contributed by atoms with E-state index < -0.39 is 0 Å². The maximum Gasteiger partial charge on any atom is 0.123 e. The first-order chi connectivity index (χ1) is 8.62. The van der Waals surface area contributed by atoms with Crippen LogP contribution in [0.2, 0.25) is 0 Å². The zero-order valence-corrected chi connectivity index (χ0v) is 11.4. The summed E-state index contributed by atoms with van der Waals surface area (Å²) in [5.41, 5.74) is 2.28. The standard InChI is InChI=1S/C14H23NO3/c1-11-4-5-14(18-3)12(8-11)9-15(2)13(10-17)6-7-16/h4-5,8,13,16-17H,6-7,9-10H2,1-3H3. The van der Waals surface area contributed by atoms with Gasteiger partial charge in [0.15, 0.2) is 0 Å². The van der Waals surface area contributed by atoms with Crippen LogP contribution in [0, 0.1) is 6.92 Å². The van der Waals surface area contributed by atoms with Crippen LogP contribution in [0.3, 0.4) is 0 Å². The van der Waals surface area contributed by atoms with Crippen LogP contribution in [0.4, 0.5) is 0 Å². The van der Waals surface area contributed by atoms with Crippen LogP contribution in [0.25, 0.3) is 0 Å². The molecule has 0 saturated heterocycles. The molecule has 0 bridgehead atoms. The fraction of sp³-hybridized carbons (Fsp3) is 0.571. The zero-order valence-electron chi connectivity index (χ0n) is 11.4. The number of ether oxygens (including phenoxy) is 1. The summed E-state index contributed by atoms with van der Waals surface area (Å²) in [5.74, 6) is 0.855. The number of benzene rings is 1. The summed E-state index contributed by atoms with van der Waals surface area (Å²) < 4.78 is 5.34. The molecule has 0 heterocycles. The van der Waals surface area contributed by atoms with E-state index in [2.05, 4.69) is 6.07 Å². The highest BCUT2D eigenvalue weighted by molar-refractivity contribution is 5.36. The van der Waals surface area contributed by atoms with Crippen molar-refractivity contribution in [3.63, 3.8) is 0 Å². The van der Waals surface area contributed by atoms with E-state index in [0.717, 1.165) is 11.3 Å². The van der Waals surface area contributed by atoms with E-state index in [4.69, 9.17) is 9.84 Å². The molecule has 0 aliphatic heterocycles. The SMILES string of the molecule is COc1ccc(C)cc1CN(C)C(CO)CCO. The summed E-state index contributed by atoms with van der Waals surface area (Å²) in [7, 11) is 3.60. The van der Waals surface area contributed by atoms with Crippen LogP contribution >= 0.6 is 0 Å². The van der Waals surface area contributed by atoms with E-state index in [-0.39, 0.29) is 19.3 Å². The maximum absolute atomic E-state index is 9.30. The van der Waals surface area contributed by atoms with Gasteiger partial charge in [-0.2, -0.15) is 0 Å². The van der Waals surface area contributed by atoms with Gasteiger partial charge in [0.25, 0.3) is 0 Å². The minimum Gasteiger partial charge on any atom is -0.496 e. The first kappa shape index (κ1) is 15.0. The molecule has 0 aromatic heterocycles. The quantitative estimate of drug-likeness (QED) is 0.766. The number of aliphatic hydroxyl groups is 2. The summed E-state index contributed by atoms with van der Waals surface area (Å²) >= 11 is 0. The minimum atomic E-state index is -0.0276. The van der Waals surface area contributed by atoms with Crippen LogP contribution in [-0.4, -0.2) is 48.5 Å². The van der Waals surface area contributed by atoms with Crippen LogP contribution in [0.15, 0.2) is 18.2 Å². The molecule has 4 nitrogen and oxygen atoms in total. The van der Waals surface area contributed by atoms with Crippen molar-refractivity contribution in [2.45, 2.75) is 25.9 Å². The summed E-state index contributed by atoms with van der Waals surface area (Å²) in [6.07, 6.45) is 0.571. The molecule has 18 heavy (non-hydrogen) atoms. The first-order valence-electron chi connectivity index (χ1n) is 6.17. The molecular formula is C14H23NO3. The van der Waals surface area contributed by atoms with Crippen molar-refractivity contribution in [2.24, 2.45) is 0 Å². The number of hydrogen-bond donors (Lipinski definition) is 2. The molecule has 1 aromatic carbocycles. The van der Waals surface area contributed by atoms with Gasteiger partial charge in [0.1, 0.15) is 5.75 Å². The van der Waals surface area contributed by atoms with Crippen molar-refractivity contribution in [3.8, 4) is 5.75 Å². The number of nitrogens with zero attached hydrogens (tertiary/aromatic N) is 1.